The number of nitrogens with one attached hydrogen (secondary N) is 1. The van der Waals surface area contributed by atoms with Crippen molar-refractivity contribution in [2.45, 2.75) is 110 Å². The van der Waals surface area contributed by atoms with E-state index in [-0.39, 0.29) is 5.78 Å². The Kier molecular flexibility index (Phi) is 13.8. The number of aliphatic imine (C=N–C) groups is 1. The molecule has 0 radical (unpaired) electrons. The van der Waals surface area contributed by atoms with E-state index in [0.29, 0.717) is 12.3 Å². The summed E-state index contributed by atoms with van der Waals surface area (Å²) in [6, 6.07) is 0. The molecule has 0 aromatic rings. The van der Waals surface area contributed by atoms with E-state index in [9.17, 15) is 4.79 Å². The first-order valence-electron chi connectivity index (χ1n) is 10.7. The van der Waals surface area contributed by atoms with Gasteiger partial charge in [0.05, 0.1) is 6.54 Å². The molecular weight excluding hydrogens is 296 g/mol. The summed E-state index contributed by atoms with van der Waals surface area (Å²) < 4.78 is 0. The number of amidine groups is 1. The van der Waals surface area contributed by atoms with E-state index in [4.69, 9.17) is 0 Å². The van der Waals surface area contributed by atoms with Gasteiger partial charge in [-0.1, -0.05) is 96.8 Å². The van der Waals surface area contributed by atoms with Gasteiger partial charge in [-0.25, -0.2) is 0 Å². The molecule has 3 nitrogen and oxygen atoms in total. The lowest BCUT2D eigenvalue weighted by Crippen LogP contribution is -2.26. The number of hydrogen-bond donors (Lipinski definition) is 1. The van der Waals surface area contributed by atoms with Crippen molar-refractivity contribution in [1.82, 2.24) is 5.32 Å². The number of nitrogens with zero attached hydrogens (tertiary/aromatic N) is 1. The topological polar surface area (TPSA) is 41.5 Å². The van der Waals surface area contributed by atoms with Crippen LogP contribution in [0.5, 0.6) is 0 Å². The van der Waals surface area contributed by atoms with Crippen molar-refractivity contribution < 1.29 is 4.79 Å². The van der Waals surface area contributed by atoms with Crippen molar-refractivity contribution >= 4 is 11.6 Å². The van der Waals surface area contributed by atoms with Crippen LogP contribution in [0.4, 0.5) is 0 Å². The van der Waals surface area contributed by atoms with Crippen LogP contribution in [0.3, 0.4) is 0 Å². The smallest absolute Gasteiger partial charge is 0.197 e. The highest BCUT2D eigenvalue weighted by Crippen LogP contribution is 2.13. The third-order valence-corrected chi connectivity index (χ3v) is 4.95. The van der Waals surface area contributed by atoms with Crippen LogP contribution in [0.1, 0.15) is 110 Å². The van der Waals surface area contributed by atoms with Crippen molar-refractivity contribution in [3.8, 4) is 0 Å². The summed E-state index contributed by atoms with van der Waals surface area (Å²) in [6.45, 7) is 3.88. The Labute approximate surface area is 150 Å². The van der Waals surface area contributed by atoms with Gasteiger partial charge in [-0.3, -0.25) is 9.79 Å². The number of Topliss-reactive ketones (excluding diaryl/α,β-unsaturated/α-hetero) is 1. The van der Waals surface area contributed by atoms with Crippen LogP contribution in [-0.4, -0.2) is 24.7 Å². The molecule has 140 valence electrons. The van der Waals surface area contributed by atoms with Crippen molar-refractivity contribution in [2.75, 3.05) is 13.1 Å². The molecule has 0 aliphatic carbocycles. The van der Waals surface area contributed by atoms with Gasteiger partial charge in [0.2, 0.25) is 0 Å². The molecule has 1 N–H and O–H groups in total. The summed E-state index contributed by atoms with van der Waals surface area (Å²) in [7, 11) is 0. The highest BCUT2D eigenvalue weighted by Gasteiger charge is 2.13. The van der Waals surface area contributed by atoms with Crippen molar-refractivity contribution in [2.24, 2.45) is 4.99 Å². The van der Waals surface area contributed by atoms with E-state index in [1.807, 2.05) is 0 Å². The third kappa shape index (κ3) is 11.6. The summed E-state index contributed by atoms with van der Waals surface area (Å²) in [6.07, 6.45) is 21.1. The van der Waals surface area contributed by atoms with Crippen LogP contribution in [0, 0.1) is 0 Å². The summed E-state index contributed by atoms with van der Waals surface area (Å²) in [4.78, 5) is 16.0. The molecule has 0 aromatic carbocycles. The summed E-state index contributed by atoms with van der Waals surface area (Å²) >= 11 is 0. The molecule has 0 bridgehead atoms. The number of carbonyl (C=O) groups excluding carboxylic acids is 1. The van der Waals surface area contributed by atoms with E-state index in [1.165, 1.54) is 89.9 Å². The van der Waals surface area contributed by atoms with Gasteiger partial charge in [0.1, 0.15) is 0 Å². The summed E-state index contributed by atoms with van der Waals surface area (Å²) in [5, 5.41) is 3.06. The second-order valence-corrected chi connectivity index (χ2v) is 7.28. The van der Waals surface area contributed by atoms with E-state index >= 15 is 0 Å². The standard InChI is InChI=1S/C21H40N2O/c1-2-3-4-5-6-7-8-9-10-11-12-13-14-15-16-17-20(24)21-22-18-19-23-21/h2-19H2,1H3,(H,22,23). The molecule has 1 rings (SSSR count). The van der Waals surface area contributed by atoms with Crippen LogP contribution in [0.15, 0.2) is 4.99 Å². The second kappa shape index (κ2) is 15.7. The highest BCUT2D eigenvalue weighted by molar-refractivity contribution is 6.39. The van der Waals surface area contributed by atoms with Crippen molar-refractivity contribution in [3.05, 3.63) is 0 Å². The van der Waals surface area contributed by atoms with Crippen LogP contribution in [0.25, 0.3) is 0 Å². The zero-order chi connectivity index (χ0) is 17.3. The number of unbranched alkanes of at least 4 members (excludes halogenated alkanes) is 14. The maximum absolute atomic E-state index is 11.8. The maximum Gasteiger partial charge on any atom is 0.197 e. The Balaban J connectivity index is 1.72. The van der Waals surface area contributed by atoms with Gasteiger partial charge in [-0.15, -0.1) is 0 Å². The molecule has 0 unspecified atom stereocenters. The minimum Gasteiger partial charge on any atom is -0.366 e. The quantitative estimate of drug-likeness (QED) is 0.340. The van der Waals surface area contributed by atoms with Crippen molar-refractivity contribution in [3.63, 3.8) is 0 Å². The van der Waals surface area contributed by atoms with Gasteiger partial charge in [-0.05, 0) is 6.42 Å². The average molecular weight is 337 g/mol. The predicted octanol–water partition coefficient (Wildman–Crippen LogP) is 5.82. The average Bonchev–Trinajstić information content (AvgIpc) is 3.13. The lowest BCUT2D eigenvalue weighted by molar-refractivity contribution is -0.113. The van der Waals surface area contributed by atoms with Gasteiger partial charge in [0, 0.05) is 13.0 Å². The zero-order valence-electron chi connectivity index (χ0n) is 16.1. The molecule has 0 saturated heterocycles. The Morgan fingerprint density at radius 1 is 0.792 bits per heavy atom. The van der Waals surface area contributed by atoms with Gasteiger partial charge < -0.3 is 5.32 Å². The third-order valence-electron chi connectivity index (χ3n) is 4.95. The molecule has 1 heterocycles. The monoisotopic (exact) mass is 336 g/mol. The van der Waals surface area contributed by atoms with E-state index in [1.54, 1.807) is 0 Å². The number of hydrogen-bond acceptors (Lipinski definition) is 3. The minimum absolute atomic E-state index is 0.210. The lowest BCUT2D eigenvalue weighted by Gasteiger charge is -2.04. The molecule has 0 aromatic heterocycles. The first-order valence-corrected chi connectivity index (χ1v) is 10.7. The van der Waals surface area contributed by atoms with Gasteiger partial charge >= 0.3 is 0 Å². The number of ketones is 1. The van der Waals surface area contributed by atoms with Crippen LogP contribution < -0.4 is 5.32 Å². The van der Waals surface area contributed by atoms with E-state index in [2.05, 4.69) is 17.2 Å². The largest absolute Gasteiger partial charge is 0.366 e. The fraction of sp³-hybridized carbons (Fsp3) is 0.905. The van der Waals surface area contributed by atoms with Gasteiger partial charge in [0.25, 0.3) is 0 Å². The van der Waals surface area contributed by atoms with Gasteiger partial charge in [-0.2, -0.15) is 0 Å². The Morgan fingerprint density at radius 3 is 1.67 bits per heavy atom. The zero-order valence-corrected chi connectivity index (χ0v) is 16.1. The molecule has 24 heavy (non-hydrogen) atoms. The van der Waals surface area contributed by atoms with Crippen LogP contribution in [0.2, 0.25) is 0 Å². The summed E-state index contributed by atoms with van der Waals surface area (Å²) in [5.74, 6) is 0.836. The molecule has 0 amide bonds. The molecule has 0 saturated carbocycles. The van der Waals surface area contributed by atoms with Gasteiger partial charge in [0.15, 0.2) is 11.6 Å². The molecule has 0 fully saturated rings. The normalized spacial score (nSPS) is 13.8. The van der Waals surface area contributed by atoms with Crippen LogP contribution in [-0.2, 0) is 4.79 Å². The SMILES string of the molecule is CCCCCCCCCCCCCCCCCC(=O)C1=NCCN1. The Hall–Kier alpha value is -0.860. The molecular formula is C21H40N2O. The van der Waals surface area contributed by atoms with E-state index < -0.39 is 0 Å². The predicted molar refractivity (Wildman–Crippen MR) is 105 cm³/mol. The molecule has 0 spiro atoms. The fourth-order valence-electron chi connectivity index (χ4n) is 3.36. The molecule has 3 heteroatoms. The second-order valence-electron chi connectivity index (χ2n) is 7.28. The number of carbonyl (C=O) groups is 1. The molecule has 0 atom stereocenters. The van der Waals surface area contributed by atoms with E-state index in [0.717, 1.165) is 19.5 Å². The molecule has 1 aliphatic rings. The van der Waals surface area contributed by atoms with Crippen LogP contribution >= 0.6 is 0 Å². The fourth-order valence-corrected chi connectivity index (χ4v) is 3.36. The minimum atomic E-state index is 0.210. The lowest BCUT2D eigenvalue weighted by atomic mass is 10.0. The molecule has 1 aliphatic heterocycles. The number of rotatable bonds is 17. The van der Waals surface area contributed by atoms with Crippen molar-refractivity contribution in [1.29, 1.82) is 0 Å². The Bertz CT molecular complexity index is 339. The summed E-state index contributed by atoms with van der Waals surface area (Å²) in [5.41, 5.74) is 0. The Morgan fingerprint density at radius 2 is 1.25 bits per heavy atom. The maximum atomic E-state index is 11.8. The first kappa shape index (κ1) is 21.2. The highest BCUT2D eigenvalue weighted by atomic mass is 16.1. The first-order chi connectivity index (χ1) is 11.8.